The molecular formula is C17H18BrF3N2O2. The van der Waals surface area contributed by atoms with Gasteiger partial charge < -0.3 is 9.47 Å². The van der Waals surface area contributed by atoms with Gasteiger partial charge in [-0.1, -0.05) is 12.1 Å². The number of fused-ring (bicyclic) bond motifs is 1. The van der Waals surface area contributed by atoms with Crippen LogP contribution >= 0.6 is 15.9 Å². The van der Waals surface area contributed by atoms with Gasteiger partial charge in [-0.15, -0.1) is 0 Å². The topological polar surface area (TPSA) is 36.3 Å². The number of hydrogen-bond donors (Lipinski definition) is 0. The standard InChI is InChI=1S/C17H18BrF3N2O2/c1-10-14(18)22-15-23(10)8-13(25-15)9-24-12-6-4-11(5-7-12)16(2,3)17(19,20)21/h4-7,13H,8-9H2,1-3H3/t13-/m0/s1. The normalized spacial score (nSPS) is 17.3. The molecule has 2 heterocycles. The molecule has 0 N–H and O–H groups in total. The average molecular weight is 419 g/mol. The summed E-state index contributed by atoms with van der Waals surface area (Å²) in [6.07, 6.45) is -4.49. The van der Waals surface area contributed by atoms with Crippen molar-refractivity contribution in [1.29, 1.82) is 0 Å². The van der Waals surface area contributed by atoms with Crippen molar-refractivity contribution in [1.82, 2.24) is 9.55 Å². The fraction of sp³-hybridized carbons (Fsp3) is 0.471. The second-order valence-corrected chi connectivity index (χ2v) is 7.33. The molecule has 1 aliphatic heterocycles. The number of halogens is 4. The second kappa shape index (κ2) is 6.23. The van der Waals surface area contributed by atoms with Crippen LogP contribution in [-0.2, 0) is 12.0 Å². The Hall–Kier alpha value is -1.70. The Morgan fingerprint density at radius 2 is 1.92 bits per heavy atom. The van der Waals surface area contributed by atoms with Crippen LogP contribution in [0.25, 0.3) is 0 Å². The molecule has 1 aliphatic rings. The summed E-state index contributed by atoms with van der Waals surface area (Å²) in [5.41, 5.74) is -0.721. The molecule has 0 aliphatic carbocycles. The van der Waals surface area contributed by atoms with Crippen molar-refractivity contribution in [3.8, 4) is 11.8 Å². The lowest BCUT2D eigenvalue weighted by atomic mass is 9.84. The highest BCUT2D eigenvalue weighted by molar-refractivity contribution is 9.10. The van der Waals surface area contributed by atoms with Crippen molar-refractivity contribution in [2.75, 3.05) is 6.61 Å². The van der Waals surface area contributed by atoms with Crippen LogP contribution in [0.1, 0.15) is 25.1 Å². The van der Waals surface area contributed by atoms with E-state index < -0.39 is 11.6 Å². The van der Waals surface area contributed by atoms with Crippen molar-refractivity contribution in [3.05, 3.63) is 40.1 Å². The summed E-state index contributed by atoms with van der Waals surface area (Å²) in [5.74, 6) is 0.507. The first kappa shape index (κ1) is 18.1. The largest absolute Gasteiger partial charge is 0.490 e. The zero-order chi connectivity index (χ0) is 18.4. The molecule has 136 valence electrons. The lowest BCUT2D eigenvalue weighted by Gasteiger charge is -2.28. The Bertz CT molecular complexity index is 769. The second-order valence-electron chi connectivity index (χ2n) is 6.58. The minimum Gasteiger partial charge on any atom is -0.490 e. The van der Waals surface area contributed by atoms with Gasteiger partial charge in [0.05, 0.1) is 17.7 Å². The first-order chi connectivity index (χ1) is 11.6. The Morgan fingerprint density at radius 3 is 2.48 bits per heavy atom. The van der Waals surface area contributed by atoms with E-state index >= 15 is 0 Å². The molecule has 0 fully saturated rings. The van der Waals surface area contributed by atoms with Gasteiger partial charge in [-0.25, -0.2) is 0 Å². The van der Waals surface area contributed by atoms with Crippen molar-refractivity contribution < 1.29 is 22.6 Å². The van der Waals surface area contributed by atoms with Gasteiger partial charge in [-0.2, -0.15) is 18.2 Å². The molecule has 0 radical (unpaired) electrons. The highest BCUT2D eigenvalue weighted by Crippen LogP contribution is 2.40. The number of benzene rings is 1. The summed E-state index contributed by atoms with van der Waals surface area (Å²) in [7, 11) is 0. The lowest BCUT2D eigenvalue weighted by molar-refractivity contribution is -0.180. The van der Waals surface area contributed by atoms with Crippen LogP contribution < -0.4 is 9.47 Å². The van der Waals surface area contributed by atoms with E-state index in [0.717, 1.165) is 24.1 Å². The van der Waals surface area contributed by atoms with Crippen LogP contribution in [0.5, 0.6) is 11.8 Å². The minimum atomic E-state index is -4.31. The molecule has 25 heavy (non-hydrogen) atoms. The quantitative estimate of drug-likeness (QED) is 0.725. The molecule has 0 spiro atoms. The van der Waals surface area contributed by atoms with E-state index in [1.807, 2.05) is 11.5 Å². The minimum absolute atomic E-state index is 0.180. The molecule has 0 bridgehead atoms. The van der Waals surface area contributed by atoms with Crippen LogP contribution in [0, 0.1) is 6.92 Å². The maximum atomic E-state index is 13.1. The molecule has 1 aromatic carbocycles. The van der Waals surface area contributed by atoms with Crippen LogP contribution in [-0.4, -0.2) is 28.4 Å². The van der Waals surface area contributed by atoms with E-state index in [-0.39, 0.29) is 11.7 Å². The Morgan fingerprint density at radius 1 is 1.28 bits per heavy atom. The molecule has 1 atom stereocenters. The molecule has 8 heteroatoms. The number of aromatic nitrogens is 2. The van der Waals surface area contributed by atoms with Gasteiger partial charge in [-0.05, 0) is 54.4 Å². The molecule has 0 saturated carbocycles. The molecule has 2 aromatic rings. The Kier molecular flexibility index (Phi) is 4.51. The van der Waals surface area contributed by atoms with Gasteiger partial charge in [0.25, 0.3) is 6.01 Å². The van der Waals surface area contributed by atoms with Gasteiger partial charge >= 0.3 is 6.18 Å². The first-order valence-corrected chi connectivity index (χ1v) is 8.58. The number of imidazole rings is 1. The molecule has 1 aromatic heterocycles. The molecule has 4 nitrogen and oxygen atoms in total. The molecule has 0 unspecified atom stereocenters. The summed E-state index contributed by atoms with van der Waals surface area (Å²) in [4.78, 5) is 4.25. The molecule has 0 amide bonds. The number of rotatable bonds is 4. The third-order valence-electron chi connectivity index (χ3n) is 4.51. The molecular weight excluding hydrogens is 401 g/mol. The number of ether oxygens (including phenoxy) is 2. The highest BCUT2D eigenvalue weighted by Gasteiger charge is 2.48. The monoisotopic (exact) mass is 418 g/mol. The van der Waals surface area contributed by atoms with E-state index in [4.69, 9.17) is 9.47 Å². The zero-order valence-corrected chi connectivity index (χ0v) is 15.6. The number of alkyl halides is 3. The van der Waals surface area contributed by atoms with Crippen LogP contribution in [0.3, 0.4) is 0 Å². The van der Waals surface area contributed by atoms with Gasteiger partial charge in [0.2, 0.25) is 0 Å². The average Bonchev–Trinajstić information content (AvgIpc) is 3.04. The maximum Gasteiger partial charge on any atom is 0.397 e. The highest BCUT2D eigenvalue weighted by atomic mass is 79.9. The summed E-state index contributed by atoms with van der Waals surface area (Å²) in [5, 5.41) is 0. The lowest BCUT2D eigenvalue weighted by Crippen LogP contribution is -2.36. The Labute approximate surface area is 152 Å². The van der Waals surface area contributed by atoms with Crippen molar-refractivity contribution >= 4 is 15.9 Å². The van der Waals surface area contributed by atoms with E-state index in [9.17, 15) is 13.2 Å². The number of hydrogen-bond acceptors (Lipinski definition) is 3. The van der Waals surface area contributed by atoms with Gasteiger partial charge in [0, 0.05) is 0 Å². The first-order valence-electron chi connectivity index (χ1n) is 7.79. The smallest absolute Gasteiger partial charge is 0.397 e. The fourth-order valence-electron chi connectivity index (χ4n) is 2.58. The van der Waals surface area contributed by atoms with Crippen molar-refractivity contribution in [2.24, 2.45) is 0 Å². The summed E-state index contributed by atoms with van der Waals surface area (Å²) < 4.78 is 53.3. The van der Waals surface area contributed by atoms with E-state index in [1.54, 1.807) is 12.1 Å². The summed E-state index contributed by atoms with van der Waals surface area (Å²) in [6.45, 7) is 5.18. The van der Waals surface area contributed by atoms with E-state index in [1.165, 1.54) is 12.1 Å². The van der Waals surface area contributed by atoms with Gasteiger partial charge in [0.15, 0.2) is 6.10 Å². The van der Waals surface area contributed by atoms with E-state index in [0.29, 0.717) is 24.9 Å². The molecule has 0 saturated heterocycles. The van der Waals surface area contributed by atoms with Crippen molar-refractivity contribution in [2.45, 2.75) is 45.0 Å². The summed E-state index contributed by atoms with van der Waals surface area (Å²) in [6, 6.07) is 6.55. The number of nitrogens with zero attached hydrogens (tertiary/aromatic N) is 2. The van der Waals surface area contributed by atoms with E-state index in [2.05, 4.69) is 20.9 Å². The van der Waals surface area contributed by atoms with Gasteiger partial charge in [-0.3, -0.25) is 4.57 Å². The predicted molar refractivity (Wildman–Crippen MR) is 90.1 cm³/mol. The Balaban J connectivity index is 1.60. The predicted octanol–water partition coefficient (Wildman–Crippen LogP) is 4.63. The van der Waals surface area contributed by atoms with Crippen LogP contribution in [0.4, 0.5) is 13.2 Å². The van der Waals surface area contributed by atoms with Crippen molar-refractivity contribution in [3.63, 3.8) is 0 Å². The van der Waals surface area contributed by atoms with Crippen LogP contribution in [0.2, 0.25) is 0 Å². The SMILES string of the molecule is Cc1c(Br)nc2n1C[C@@H](COc1ccc(C(C)(C)C(F)(F)F)cc1)O2. The summed E-state index contributed by atoms with van der Waals surface area (Å²) >= 11 is 3.35. The third kappa shape index (κ3) is 3.36. The van der Waals surface area contributed by atoms with Crippen LogP contribution in [0.15, 0.2) is 28.9 Å². The zero-order valence-electron chi connectivity index (χ0n) is 14.0. The third-order valence-corrected chi connectivity index (χ3v) is 5.26. The molecule has 3 rings (SSSR count). The fourth-order valence-corrected chi connectivity index (χ4v) is 2.95. The van der Waals surface area contributed by atoms with Gasteiger partial charge in [0.1, 0.15) is 17.0 Å². The maximum absolute atomic E-state index is 13.1.